The van der Waals surface area contributed by atoms with Crippen molar-refractivity contribution in [2.45, 2.75) is 69.3 Å². The molecule has 0 radical (unpaired) electrons. The van der Waals surface area contributed by atoms with Crippen molar-refractivity contribution in [3.05, 3.63) is 52.2 Å². The summed E-state index contributed by atoms with van der Waals surface area (Å²) in [6.45, 7) is -0.0589. The van der Waals surface area contributed by atoms with Gasteiger partial charge >= 0.3 is 12.4 Å². The molecule has 186 valence electrons. The number of amides is 1. The number of rotatable bonds is 5. The standard InChI is InChI=1S/C24H26F6N2O2/c25-23(26,27)9-1-11-34-17-6-7-19-15(12-17)8-10-22(19)13-18(20(31)21(33)32-22)14-2-4-16(5-3-14)24(28,29)30/h2,6-7,12,16H,1,3-5,8-11,13,31H2,(H,32,33). The van der Waals surface area contributed by atoms with Crippen LogP contribution in [-0.2, 0) is 16.8 Å². The minimum atomic E-state index is -4.25. The summed E-state index contributed by atoms with van der Waals surface area (Å²) in [6, 6.07) is 5.25. The van der Waals surface area contributed by atoms with Crippen LogP contribution in [0.4, 0.5) is 26.3 Å². The molecule has 2 aliphatic carbocycles. The number of ether oxygens (including phenoxy) is 1. The summed E-state index contributed by atoms with van der Waals surface area (Å²) in [4.78, 5) is 12.7. The number of fused-ring (bicyclic) bond motifs is 2. The van der Waals surface area contributed by atoms with Crippen LogP contribution in [-0.4, -0.2) is 24.9 Å². The highest BCUT2D eigenvalue weighted by Gasteiger charge is 2.46. The second-order valence-electron chi connectivity index (χ2n) is 9.23. The van der Waals surface area contributed by atoms with E-state index in [1.807, 2.05) is 0 Å². The number of aryl methyl sites for hydroxylation is 1. The molecule has 1 amide bonds. The lowest BCUT2D eigenvalue weighted by molar-refractivity contribution is -0.176. The van der Waals surface area contributed by atoms with E-state index < -0.39 is 36.1 Å². The van der Waals surface area contributed by atoms with Crippen LogP contribution in [0, 0.1) is 5.92 Å². The molecule has 1 heterocycles. The Hall–Kier alpha value is -2.65. The maximum absolute atomic E-state index is 13.0. The molecule has 34 heavy (non-hydrogen) atoms. The van der Waals surface area contributed by atoms with Crippen LogP contribution in [0.25, 0.3) is 0 Å². The Kier molecular flexibility index (Phi) is 6.37. The number of benzene rings is 1. The fraction of sp³-hybridized carbons (Fsp3) is 0.542. The third kappa shape index (κ3) is 5.05. The number of carbonyl (C=O) groups is 1. The molecule has 1 aromatic rings. The van der Waals surface area contributed by atoms with E-state index in [0.717, 1.165) is 11.1 Å². The maximum atomic E-state index is 13.0. The predicted octanol–water partition coefficient (Wildman–Crippen LogP) is 5.57. The Morgan fingerprint density at radius 2 is 1.91 bits per heavy atom. The van der Waals surface area contributed by atoms with Gasteiger partial charge < -0.3 is 15.8 Å². The Morgan fingerprint density at radius 1 is 1.15 bits per heavy atom. The molecule has 0 saturated heterocycles. The van der Waals surface area contributed by atoms with Crippen molar-refractivity contribution in [1.29, 1.82) is 0 Å². The van der Waals surface area contributed by atoms with Gasteiger partial charge in [-0.1, -0.05) is 12.1 Å². The summed E-state index contributed by atoms with van der Waals surface area (Å²) in [6.07, 6.45) is -6.33. The highest BCUT2D eigenvalue weighted by Crippen LogP contribution is 2.48. The number of hydrogen-bond acceptors (Lipinski definition) is 3. The molecular formula is C24H26F6N2O2. The third-order valence-corrected chi connectivity index (χ3v) is 6.95. The fourth-order valence-corrected chi connectivity index (χ4v) is 5.15. The van der Waals surface area contributed by atoms with Gasteiger partial charge in [0, 0.05) is 12.8 Å². The molecule has 0 aromatic heterocycles. The van der Waals surface area contributed by atoms with Gasteiger partial charge in [-0.05, 0) is 72.9 Å². The second kappa shape index (κ2) is 8.85. The van der Waals surface area contributed by atoms with Gasteiger partial charge in [0.15, 0.2) is 0 Å². The van der Waals surface area contributed by atoms with Crippen LogP contribution in [0.5, 0.6) is 5.75 Å². The van der Waals surface area contributed by atoms with E-state index in [-0.39, 0.29) is 38.0 Å². The van der Waals surface area contributed by atoms with Crippen molar-refractivity contribution < 1.29 is 35.9 Å². The first-order valence-electron chi connectivity index (χ1n) is 11.3. The second-order valence-corrected chi connectivity index (χ2v) is 9.23. The van der Waals surface area contributed by atoms with Gasteiger partial charge in [-0.3, -0.25) is 4.79 Å². The Bertz CT molecular complexity index is 1030. The van der Waals surface area contributed by atoms with E-state index in [1.165, 1.54) is 0 Å². The molecule has 3 N–H and O–H groups in total. The third-order valence-electron chi connectivity index (χ3n) is 6.95. The molecule has 2 atom stereocenters. The topological polar surface area (TPSA) is 64.3 Å². The van der Waals surface area contributed by atoms with Crippen LogP contribution in [0.1, 0.15) is 56.1 Å². The minimum absolute atomic E-state index is 0.0354. The lowest BCUT2D eigenvalue weighted by atomic mass is 9.76. The summed E-state index contributed by atoms with van der Waals surface area (Å²) < 4.78 is 81.5. The average molecular weight is 488 g/mol. The zero-order chi connectivity index (χ0) is 24.7. The van der Waals surface area contributed by atoms with Gasteiger partial charge in [0.2, 0.25) is 0 Å². The van der Waals surface area contributed by atoms with Crippen molar-refractivity contribution >= 4 is 5.91 Å². The molecule has 4 nitrogen and oxygen atoms in total. The van der Waals surface area contributed by atoms with E-state index in [0.29, 0.717) is 36.2 Å². The van der Waals surface area contributed by atoms with Crippen molar-refractivity contribution in [2.75, 3.05) is 6.61 Å². The van der Waals surface area contributed by atoms with Crippen LogP contribution in [0.2, 0.25) is 0 Å². The van der Waals surface area contributed by atoms with Crippen molar-refractivity contribution in [3.63, 3.8) is 0 Å². The summed E-state index contributed by atoms with van der Waals surface area (Å²) >= 11 is 0. The molecule has 2 unspecified atom stereocenters. The van der Waals surface area contributed by atoms with Crippen LogP contribution >= 0.6 is 0 Å². The normalized spacial score (nSPS) is 25.3. The number of alkyl halides is 6. The first kappa shape index (κ1) is 24.5. The highest BCUT2D eigenvalue weighted by molar-refractivity contribution is 5.96. The molecule has 0 fully saturated rings. The fourth-order valence-electron chi connectivity index (χ4n) is 5.15. The summed E-state index contributed by atoms with van der Waals surface area (Å²) in [5.41, 5.74) is 8.49. The van der Waals surface area contributed by atoms with Gasteiger partial charge in [0.1, 0.15) is 11.4 Å². The molecule has 1 aromatic carbocycles. The molecular weight excluding hydrogens is 462 g/mol. The molecule has 3 aliphatic rings. The zero-order valence-corrected chi connectivity index (χ0v) is 18.4. The Labute approximate surface area is 193 Å². The largest absolute Gasteiger partial charge is 0.494 e. The van der Waals surface area contributed by atoms with Crippen LogP contribution < -0.4 is 15.8 Å². The molecule has 4 rings (SSSR count). The summed E-state index contributed by atoms with van der Waals surface area (Å²) in [5, 5.41) is 2.99. The minimum Gasteiger partial charge on any atom is -0.494 e. The SMILES string of the molecule is NC1=C(C2=CCC(C(F)(F)F)CC2)CC2(CCc3cc(OCCCC(F)(F)F)ccc32)NC1=O. The quantitative estimate of drug-likeness (QED) is 0.421. The van der Waals surface area contributed by atoms with Crippen molar-refractivity contribution in [3.8, 4) is 5.75 Å². The van der Waals surface area contributed by atoms with Crippen molar-refractivity contribution in [2.24, 2.45) is 11.7 Å². The summed E-state index contributed by atoms with van der Waals surface area (Å²) in [7, 11) is 0. The zero-order valence-electron chi connectivity index (χ0n) is 18.4. The number of nitrogens with two attached hydrogens (primary N) is 1. The van der Waals surface area contributed by atoms with Gasteiger partial charge in [0.05, 0.1) is 18.1 Å². The first-order chi connectivity index (χ1) is 15.9. The van der Waals surface area contributed by atoms with E-state index in [9.17, 15) is 31.1 Å². The van der Waals surface area contributed by atoms with Gasteiger partial charge in [-0.25, -0.2) is 0 Å². The highest BCUT2D eigenvalue weighted by atomic mass is 19.4. The molecule has 0 saturated carbocycles. The van der Waals surface area contributed by atoms with Gasteiger partial charge in [0.25, 0.3) is 5.91 Å². The van der Waals surface area contributed by atoms with Crippen molar-refractivity contribution in [1.82, 2.24) is 5.32 Å². The average Bonchev–Trinajstić information content (AvgIpc) is 3.10. The van der Waals surface area contributed by atoms with E-state index in [1.54, 1.807) is 24.3 Å². The summed E-state index contributed by atoms with van der Waals surface area (Å²) in [5.74, 6) is -1.37. The first-order valence-corrected chi connectivity index (χ1v) is 11.3. The lowest BCUT2D eigenvalue weighted by Crippen LogP contribution is -2.50. The number of allylic oxidation sites excluding steroid dienone is 2. The Morgan fingerprint density at radius 3 is 2.56 bits per heavy atom. The number of nitrogens with one attached hydrogen (secondary N) is 1. The molecule has 1 aliphatic heterocycles. The number of halogens is 6. The maximum Gasteiger partial charge on any atom is 0.392 e. The smallest absolute Gasteiger partial charge is 0.392 e. The number of carbonyl (C=O) groups excluding carboxylic acids is 1. The van der Waals surface area contributed by atoms with E-state index in [4.69, 9.17) is 10.5 Å². The van der Waals surface area contributed by atoms with E-state index >= 15 is 0 Å². The lowest BCUT2D eigenvalue weighted by Gasteiger charge is -2.38. The van der Waals surface area contributed by atoms with Crippen LogP contribution in [0.15, 0.2) is 41.1 Å². The van der Waals surface area contributed by atoms with E-state index in [2.05, 4.69) is 5.32 Å². The number of hydrogen-bond donors (Lipinski definition) is 2. The van der Waals surface area contributed by atoms with Crippen LogP contribution in [0.3, 0.4) is 0 Å². The predicted molar refractivity (Wildman–Crippen MR) is 113 cm³/mol. The molecule has 10 heteroatoms. The Balaban J connectivity index is 1.50. The monoisotopic (exact) mass is 488 g/mol. The van der Waals surface area contributed by atoms with Gasteiger partial charge in [-0.15, -0.1) is 0 Å². The molecule has 1 spiro atoms. The van der Waals surface area contributed by atoms with Gasteiger partial charge in [-0.2, -0.15) is 26.3 Å². The molecule has 0 bridgehead atoms.